The van der Waals surface area contributed by atoms with Crippen molar-refractivity contribution in [2.75, 3.05) is 24.7 Å². The summed E-state index contributed by atoms with van der Waals surface area (Å²) in [6, 6.07) is 18.4. The third kappa shape index (κ3) is 5.94. The Morgan fingerprint density at radius 2 is 1.74 bits per heavy atom. The Kier molecular flexibility index (Phi) is 7.13. The molecular formula is C22H27NO2S2. The van der Waals surface area contributed by atoms with Gasteiger partial charge in [-0.3, -0.25) is 4.79 Å². The second-order valence-corrected chi connectivity index (χ2v) is 10.0. The van der Waals surface area contributed by atoms with Gasteiger partial charge in [0, 0.05) is 12.0 Å². The van der Waals surface area contributed by atoms with Gasteiger partial charge in [-0.05, 0) is 41.2 Å². The summed E-state index contributed by atoms with van der Waals surface area (Å²) < 4.78 is 6.18. The number of carbonyl (C=O) groups excluding carboxylic acids is 1. The zero-order chi connectivity index (χ0) is 19.1. The maximum absolute atomic E-state index is 12.2. The molecule has 3 nitrogen and oxygen atoms in total. The zero-order valence-corrected chi connectivity index (χ0v) is 17.6. The molecule has 1 N–H and O–H groups in total. The van der Waals surface area contributed by atoms with Crippen molar-refractivity contribution in [3.05, 3.63) is 65.7 Å². The van der Waals surface area contributed by atoms with E-state index in [1.54, 1.807) is 0 Å². The summed E-state index contributed by atoms with van der Waals surface area (Å²) in [7, 11) is 0. The highest BCUT2D eigenvalue weighted by molar-refractivity contribution is 8.16. The normalized spacial score (nSPS) is 15.3. The fourth-order valence-electron chi connectivity index (χ4n) is 2.91. The van der Waals surface area contributed by atoms with Crippen molar-refractivity contribution in [2.45, 2.75) is 30.3 Å². The molecule has 2 aromatic carbocycles. The van der Waals surface area contributed by atoms with Crippen LogP contribution in [0.2, 0.25) is 0 Å². The molecule has 0 aliphatic carbocycles. The average molecular weight is 402 g/mol. The van der Waals surface area contributed by atoms with Crippen molar-refractivity contribution in [1.29, 1.82) is 0 Å². The van der Waals surface area contributed by atoms with E-state index < -0.39 is 0 Å². The van der Waals surface area contributed by atoms with E-state index in [-0.39, 0.29) is 17.9 Å². The molecule has 0 spiro atoms. The quantitative estimate of drug-likeness (QED) is 0.706. The minimum atomic E-state index is -0.117. The SMILES string of the molecule is CC(C)(CNC(=O)COc1ccc(C2SCCCS2)cc1)c1ccccc1. The molecule has 1 aliphatic rings. The Morgan fingerprint density at radius 3 is 2.41 bits per heavy atom. The van der Waals surface area contributed by atoms with E-state index >= 15 is 0 Å². The molecule has 144 valence electrons. The number of benzene rings is 2. The maximum Gasteiger partial charge on any atom is 0.257 e. The lowest BCUT2D eigenvalue weighted by Crippen LogP contribution is -2.38. The second-order valence-electron chi connectivity index (χ2n) is 7.31. The van der Waals surface area contributed by atoms with Gasteiger partial charge in [-0.1, -0.05) is 56.3 Å². The highest BCUT2D eigenvalue weighted by atomic mass is 32.2. The van der Waals surface area contributed by atoms with Crippen LogP contribution in [0.5, 0.6) is 5.75 Å². The molecule has 1 amide bonds. The molecule has 5 heteroatoms. The first-order chi connectivity index (χ1) is 13.0. The first kappa shape index (κ1) is 20.2. The van der Waals surface area contributed by atoms with Gasteiger partial charge in [0.15, 0.2) is 6.61 Å². The van der Waals surface area contributed by atoms with Gasteiger partial charge >= 0.3 is 0 Å². The maximum atomic E-state index is 12.2. The molecule has 0 unspecified atom stereocenters. The molecule has 1 aliphatic heterocycles. The van der Waals surface area contributed by atoms with Crippen molar-refractivity contribution < 1.29 is 9.53 Å². The fraction of sp³-hybridized carbons (Fsp3) is 0.409. The topological polar surface area (TPSA) is 38.3 Å². The van der Waals surface area contributed by atoms with E-state index in [1.165, 1.54) is 29.1 Å². The Hall–Kier alpha value is -1.59. The van der Waals surface area contributed by atoms with Crippen molar-refractivity contribution in [2.24, 2.45) is 0 Å². The molecule has 27 heavy (non-hydrogen) atoms. The largest absolute Gasteiger partial charge is 0.484 e. The third-order valence-corrected chi connectivity index (χ3v) is 7.65. The fourth-order valence-corrected chi connectivity index (χ4v) is 5.81. The summed E-state index contributed by atoms with van der Waals surface area (Å²) in [5.41, 5.74) is 2.42. The van der Waals surface area contributed by atoms with Crippen LogP contribution < -0.4 is 10.1 Å². The van der Waals surface area contributed by atoms with Gasteiger partial charge in [-0.15, -0.1) is 23.5 Å². The van der Waals surface area contributed by atoms with Crippen LogP contribution in [0.4, 0.5) is 0 Å². The van der Waals surface area contributed by atoms with Gasteiger partial charge in [0.2, 0.25) is 0 Å². The molecule has 0 atom stereocenters. The molecule has 0 saturated carbocycles. The molecule has 0 radical (unpaired) electrons. The van der Waals surface area contributed by atoms with Gasteiger partial charge in [0.25, 0.3) is 5.91 Å². The summed E-state index contributed by atoms with van der Waals surface area (Å²) in [4.78, 5) is 12.2. The van der Waals surface area contributed by atoms with Crippen LogP contribution in [0.25, 0.3) is 0 Å². The number of hydrogen-bond donors (Lipinski definition) is 1. The van der Waals surface area contributed by atoms with Gasteiger partial charge in [-0.25, -0.2) is 0 Å². The van der Waals surface area contributed by atoms with Gasteiger partial charge < -0.3 is 10.1 Å². The predicted molar refractivity (Wildman–Crippen MR) is 117 cm³/mol. The Labute approximate surface area is 170 Å². The van der Waals surface area contributed by atoms with Crippen LogP contribution in [-0.4, -0.2) is 30.6 Å². The van der Waals surface area contributed by atoms with E-state index in [1.807, 2.05) is 53.9 Å². The van der Waals surface area contributed by atoms with Crippen LogP contribution in [0.3, 0.4) is 0 Å². The summed E-state index contributed by atoms with van der Waals surface area (Å²) in [5.74, 6) is 3.11. The third-order valence-electron chi connectivity index (χ3n) is 4.63. The van der Waals surface area contributed by atoms with E-state index in [4.69, 9.17) is 4.74 Å². The van der Waals surface area contributed by atoms with Crippen LogP contribution in [0.1, 0.15) is 36.0 Å². The number of thioether (sulfide) groups is 2. The smallest absolute Gasteiger partial charge is 0.257 e. The number of rotatable bonds is 7. The minimum Gasteiger partial charge on any atom is -0.484 e. The Balaban J connectivity index is 1.45. The number of hydrogen-bond acceptors (Lipinski definition) is 4. The van der Waals surface area contributed by atoms with Crippen LogP contribution in [-0.2, 0) is 10.2 Å². The van der Waals surface area contributed by atoms with E-state index in [0.717, 1.165) is 5.75 Å². The second kappa shape index (κ2) is 9.56. The molecule has 1 saturated heterocycles. The van der Waals surface area contributed by atoms with Crippen molar-refractivity contribution in [3.8, 4) is 5.75 Å². The first-order valence-corrected chi connectivity index (χ1v) is 11.4. The van der Waals surface area contributed by atoms with Crippen molar-refractivity contribution >= 4 is 29.4 Å². The van der Waals surface area contributed by atoms with Gasteiger partial charge in [0.1, 0.15) is 5.75 Å². The molecule has 1 fully saturated rings. The molecule has 2 aromatic rings. The zero-order valence-electron chi connectivity index (χ0n) is 15.9. The Morgan fingerprint density at radius 1 is 1.07 bits per heavy atom. The molecule has 3 rings (SSSR count). The lowest BCUT2D eigenvalue weighted by Gasteiger charge is -2.25. The average Bonchev–Trinajstić information content (AvgIpc) is 2.72. The highest BCUT2D eigenvalue weighted by Gasteiger charge is 2.21. The Bertz CT molecular complexity index is 726. The number of nitrogens with one attached hydrogen (secondary N) is 1. The summed E-state index contributed by atoms with van der Waals surface area (Å²) >= 11 is 4.01. The molecule has 1 heterocycles. The molecular weight excluding hydrogens is 374 g/mol. The first-order valence-electron chi connectivity index (χ1n) is 9.33. The predicted octanol–water partition coefficient (Wildman–Crippen LogP) is 5.03. The van der Waals surface area contributed by atoms with E-state index in [2.05, 4.69) is 43.4 Å². The molecule has 0 aromatic heterocycles. The van der Waals surface area contributed by atoms with Crippen molar-refractivity contribution in [3.63, 3.8) is 0 Å². The summed E-state index contributed by atoms with van der Waals surface area (Å²) in [6.45, 7) is 4.87. The lowest BCUT2D eigenvalue weighted by atomic mass is 9.84. The summed E-state index contributed by atoms with van der Waals surface area (Å²) in [6.07, 6.45) is 1.29. The monoisotopic (exact) mass is 401 g/mol. The van der Waals surface area contributed by atoms with Gasteiger partial charge in [0.05, 0.1) is 4.58 Å². The van der Waals surface area contributed by atoms with Crippen LogP contribution >= 0.6 is 23.5 Å². The van der Waals surface area contributed by atoms with E-state index in [0.29, 0.717) is 11.1 Å². The minimum absolute atomic E-state index is 0.0388. The standard InChI is InChI=1S/C22H27NO2S2/c1-22(2,18-7-4-3-5-8-18)16-23-20(24)15-25-19-11-9-17(10-12-19)21-26-13-6-14-27-21/h3-5,7-12,21H,6,13-16H2,1-2H3,(H,23,24). The van der Waals surface area contributed by atoms with Gasteiger partial charge in [-0.2, -0.15) is 0 Å². The van der Waals surface area contributed by atoms with Crippen LogP contribution in [0, 0.1) is 0 Å². The number of amides is 1. The number of carbonyl (C=O) groups is 1. The van der Waals surface area contributed by atoms with Crippen molar-refractivity contribution in [1.82, 2.24) is 5.32 Å². The highest BCUT2D eigenvalue weighted by Crippen LogP contribution is 2.43. The number of ether oxygens (including phenoxy) is 1. The van der Waals surface area contributed by atoms with E-state index in [9.17, 15) is 4.79 Å². The van der Waals surface area contributed by atoms with Crippen LogP contribution in [0.15, 0.2) is 54.6 Å². The molecule has 0 bridgehead atoms. The lowest BCUT2D eigenvalue weighted by molar-refractivity contribution is -0.123. The summed E-state index contributed by atoms with van der Waals surface area (Å²) in [5, 5.41) is 2.98.